The highest BCUT2D eigenvalue weighted by Gasteiger charge is 2.26. The molecule has 0 radical (unpaired) electrons. The lowest BCUT2D eigenvalue weighted by molar-refractivity contribution is 0.0696. The first-order valence-corrected chi connectivity index (χ1v) is 10.6. The maximum absolute atomic E-state index is 13.4. The molecule has 1 heterocycles. The molecule has 154 valence electrons. The fraction of sp³-hybridized carbons (Fsp3) is 0.136. The van der Waals surface area contributed by atoms with Gasteiger partial charge in [-0.15, -0.1) is 0 Å². The smallest absolute Gasteiger partial charge is 0.335 e. The van der Waals surface area contributed by atoms with Gasteiger partial charge in [-0.05, 0) is 47.5 Å². The van der Waals surface area contributed by atoms with Crippen LogP contribution in [0.25, 0.3) is 0 Å². The number of hydrogen-bond acceptors (Lipinski definition) is 5. The van der Waals surface area contributed by atoms with Crippen LogP contribution in [0, 0.1) is 0 Å². The summed E-state index contributed by atoms with van der Waals surface area (Å²) in [7, 11) is -3.89. The Labute approximate surface area is 174 Å². The van der Waals surface area contributed by atoms with E-state index in [0.29, 0.717) is 11.5 Å². The van der Waals surface area contributed by atoms with E-state index in [1.165, 1.54) is 28.6 Å². The zero-order valence-electron chi connectivity index (χ0n) is 15.9. The van der Waals surface area contributed by atoms with Crippen LogP contribution in [0.4, 0.5) is 0 Å². The van der Waals surface area contributed by atoms with Crippen LogP contribution in [0.15, 0.2) is 77.7 Å². The van der Waals surface area contributed by atoms with Crippen LogP contribution >= 0.6 is 0 Å². The van der Waals surface area contributed by atoms with Crippen molar-refractivity contribution in [3.05, 3.63) is 89.5 Å². The molecular formula is C22H19NO6S. The number of sulfonamides is 1. The number of aromatic carboxylic acids is 1. The molecule has 0 aliphatic carbocycles. The molecule has 7 nitrogen and oxygen atoms in total. The van der Waals surface area contributed by atoms with Gasteiger partial charge >= 0.3 is 5.97 Å². The summed E-state index contributed by atoms with van der Waals surface area (Å²) in [4.78, 5) is 11.1. The lowest BCUT2D eigenvalue weighted by Crippen LogP contribution is -2.30. The number of nitrogens with zero attached hydrogens (tertiary/aromatic N) is 1. The number of carboxylic acids is 1. The van der Waals surface area contributed by atoms with Crippen LogP contribution in [-0.2, 0) is 23.1 Å². The summed E-state index contributed by atoms with van der Waals surface area (Å²) >= 11 is 0. The van der Waals surface area contributed by atoms with Crippen LogP contribution < -0.4 is 9.47 Å². The van der Waals surface area contributed by atoms with E-state index >= 15 is 0 Å². The molecule has 0 saturated heterocycles. The zero-order valence-corrected chi connectivity index (χ0v) is 16.7. The fourth-order valence-corrected chi connectivity index (χ4v) is 4.59. The van der Waals surface area contributed by atoms with Crippen molar-refractivity contribution in [2.24, 2.45) is 0 Å². The number of rotatable bonds is 7. The van der Waals surface area contributed by atoms with Gasteiger partial charge in [0, 0.05) is 13.1 Å². The van der Waals surface area contributed by atoms with Gasteiger partial charge in [-0.3, -0.25) is 0 Å². The first-order chi connectivity index (χ1) is 14.4. The van der Waals surface area contributed by atoms with Crippen molar-refractivity contribution in [2.75, 3.05) is 6.79 Å². The highest BCUT2D eigenvalue weighted by atomic mass is 32.2. The highest BCUT2D eigenvalue weighted by molar-refractivity contribution is 7.89. The van der Waals surface area contributed by atoms with Crippen molar-refractivity contribution >= 4 is 16.0 Å². The Kier molecular flexibility index (Phi) is 5.43. The zero-order chi connectivity index (χ0) is 21.1. The Balaban J connectivity index is 1.67. The quantitative estimate of drug-likeness (QED) is 0.623. The Bertz CT molecular complexity index is 1160. The molecule has 0 saturated carbocycles. The minimum Gasteiger partial charge on any atom is -0.478 e. The second-order valence-corrected chi connectivity index (χ2v) is 8.71. The standard InChI is InChI=1S/C22H19NO6S/c24-22(25)18-7-9-19(10-8-18)30(26,27)23(13-16-4-2-1-3-5-16)14-17-6-11-20-21(12-17)29-15-28-20/h1-12H,13-15H2,(H,24,25). The van der Waals surface area contributed by atoms with Crippen molar-refractivity contribution in [1.29, 1.82) is 0 Å². The van der Waals surface area contributed by atoms with Crippen LogP contribution in [0.5, 0.6) is 11.5 Å². The second kappa shape index (κ2) is 8.17. The molecule has 0 atom stereocenters. The Hall–Kier alpha value is -3.36. The SMILES string of the molecule is O=C(O)c1ccc(S(=O)(=O)N(Cc2ccccc2)Cc2ccc3c(c2)OCO3)cc1. The monoisotopic (exact) mass is 425 g/mol. The fourth-order valence-electron chi connectivity index (χ4n) is 3.17. The number of carboxylic acid groups (broad SMARTS) is 1. The third-order valence-corrected chi connectivity index (χ3v) is 6.54. The van der Waals surface area contributed by atoms with Crippen LogP contribution in [-0.4, -0.2) is 30.6 Å². The summed E-state index contributed by atoms with van der Waals surface area (Å²) in [5.41, 5.74) is 1.62. The van der Waals surface area contributed by atoms with Gasteiger partial charge in [0.25, 0.3) is 0 Å². The molecular weight excluding hydrogens is 406 g/mol. The average Bonchev–Trinajstić information content (AvgIpc) is 3.22. The molecule has 8 heteroatoms. The van der Waals surface area contributed by atoms with E-state index < -0.39 is 16.0 Å². The van der Waals surface area contributed by atoms with Crippen molar-refractivity contribution in [1.82, 2.24) is 4.31 Å². The molecule has 3 aromatic rings. The Morgan fingerprint density at radius 1 is 0.867 bits per heavy atom. The Morgan fingerprint density at radius 3 is 2.23 bits per heavy atom. The van der Waals surface area contributed by atoms with Gasteiger partial charge in [-0.25, -0.2) is 13.2 Å². The number of fused-ring (bicyclic) bond motifs is 1. The van der Waals surface area contributed by atoms with Gasteiger partial charge in [0.15, 0.2) is 11.5 Å². The molecule has 1 aliphatic rings. The summed E-state index contributed by atoms with van der Waals surface area (Å²) in [5, 5.41) is 9.07. The van der Waals surface area contributed by atoms with Crippen molar-refractivity contribution in [3.63, 3.8) is 0 Å². The maximum atomic E-state index is 13.4. The highest BCUT2D eigenvalue weighted by Crippen LogP contribution is 2.33. The number of ether oxygens (including phenoxy) is 2. The van der Waals surface area contributed by atoms with Gasteiger partial charge in [0.05, 0.1) is 10.5 Å². The van der Waals surface area contributed by atoms with E-state index in [9.17, 15) is 13.2 Å². The van der Waals surface area contributed by atoms with Crippen molar-refractivity contribution < 1.29 is 27.8 Å². The lowest BCUT2D eigenvalue weighted by Gasteiger charge is -2.23. The second-order valence-electron chi connectivity index (χ2n) is 6.78. The largest absolute Gasteiger partial charge is 0.478 e. The van der Waals surface area contributed by atoms with Gasteiger partial charge in [0.2, 0.25) is 16.8 Å². The lowest BCUT2D eigenvalue weighted by atomic mass is 10.2. The number of benzene rings is 3. The molecule has 0 amide bonds. The Morgan fingerprint density at radius 2 is 1.53 bits per heavy atom. The predicted octanol–water partition coefficient (Wildman–Crippen LogP) is 3.50. The molecule has 0 bridgehead atoms. The third kappa shape index (κ3) is 4.14. The van der Waals surface area contributed by atoms with Crippen LogP contribution in [0.3, 0.4) is 0 Å². The van der Waals surface area contributed by atoms with E-state index in [-0.39, 0.29) is 30.3 Å². The molecule has 0 fully saturated rings. The summed E-state index contributed by atoms with van der Waals surface area (Å²) in [6.07, 6.45) is 0. The summed E-state index contributed by atoms with van der Waals surface area (Å²) in [6, 6.07) is 19.8. The average molecular weight is 425 g/mol. The van der Waals surface area contributed by atoms with E-state index in [0.717, 1.165) is 11.1 Å². The molecule has 3 aromatic carbocycles. The summed E-state index contributed by atoms with van der Waals surface area (Å²) in [5.74, 6) is 0.0938. The molecule has 30 heavy (non-hydrogen) atoms. The van der Waals surface area contributed by atoms with Crippen LogP contribution in [0.2, 0.25) is 0 Å². The first-order valence-electron chi connectivity index (χ1n) is 9.19. The van der Waals surface area contributed by atoms with E-state index in [2.05, 4.69) is 0 Å². The minimum atomic E-state index is -3.89. The van der Waals surface area contributed by atoms with E-state index in [4.69, 9.17) is 14.6 Å². The minimum absolute atomic E-state index is 0.0272. The van der Waals surface area contributed by atoms with Crippen molar-refractivity contribution in [3.8, 4) is 11.5 Å². The van der Waals surface area contributed by atoms with Gasteiger partial charge < -0.3 is 14.6 Å². The third-order valence-electron chi connectivity index (χ3n) is 4.74. The van der Waals surface area contributed by atoms with Gasteiger partial charge in [-0.2, -0.15) is 4.31 Å². The molecule has 0 unspecified atom stereocenters. The van der Waals surface area contributed by atoms with E-state index in [1.54, 1.807) is 18.2 Å². The van der Waals surface area contributed by atoms with Gasteiger partial charge in [0.1, 0.15) is 0 Å². The summed E-state index contributed by atoms with van der Waals surface area (Å²) < 4.78 is 38.8. The first kappa shape index (κ1) is 19.9. The summed E-state index contributed by atoms with van der Waals surface area (Å²) in [6.45, 7) is 0.424. The van der Waals surface area contributed by atoms with Crippen molar-refractivity contribution in [2.45, 2.75) is 18.0 Å². The topological polar surface area (TPSA) is 93.1 Å². The maximum Gasteiger partial charge on any atom is 0.335 e. The van der Waals surface area contributed by atoms with Gasteiger partial charge in [-0.1, -0.05) is 36.4 Å². The molecule has 0 aromatic heterocycles. The molecule has 4 rings (SSSR count). The predicted molar refractivity (Wildman–Crippen MR) is 109 cm³/mol. The van der Waals surface area contributed by atoms with Crippen LogP contribution in [0.1, 0.15) is 21.5 Å². The number of hydrogen-bond donors (Lipinski definition) is 1. The molecule has 1 N–H and O–H groups in total. The number of carbonyl (C=O) groups is 1. The van der Waals surface area contributed by atoms with E-state index in [1.807, 2.05) is 30.3 Å². The normalized spacial score (nSPS) is 12.8. The molecule has 1 aliphatic heterocycles. The molecule has 0 spiro atoms.